The molecule has 3 aromatic rings. The van der Waals surface area contributed by atoms with E-state index in [1.807, 2.05) is 55.4 Å². The first-order chi connectivity index (χ1) is 17.2. The lowest BCUT2D eigenvalue weighted by Crippen LogP contribution is -2.40. The van der Waals surface area contributed by atoms with Gasteiger partial charge in [0.1, 0.15) is 5.75 Å². The number of allylic oxidation sites excluding steroid dienone is 1. The van der Waals surface area contributed by atoms with Crippen molar-refractivity contribution < 1.29 is 14.3 Å². The number of carbonyl (C=O) groups is 1. The van der Waals surface area contributed by atoms with Crippen molar-refractivity contribution in [3.8, 4) is 5.75 Å². The molecule has 1 atom stereocenters. The summed E-state index contributed by atoms with van der Waals surface area (Å²) in [5.41, 5.74) is 3.19. The Bertz CT molecular complexity index is 1540. The Labute approximate surface area is 229 Å². The maximum absolute atomic E-state index is 13.8. The van der Waals surface area contributed by atoms with E-state index in [-0.39, 0.29) is 12.2 Å². The van der Waals surface area contributed by atoms with Crippen LogP contribution in [0.5, 0.6) is 5.75 Å². The Morgan fingerprint density at radius 2 is 1.92 bits per heavy atom. The number of anilines is 1. The highest BCUT2D eigenvalue weighted by atomic mass is 79.9. The van der Waals surface area contributed by atoms with Crippen molar-refractivity contribution in [2.24, 2.45) is 4.99 Å². The smallest absolute Gasteiger partial charge is 0.338 e. The fraction of sp³-hybridized carbons (Fsp3) is 0.269. The average Bonchev–Trinajstić information content (AvgIpc) is 3.12. The number of benzene rings is 2. The quantitative estimate of drug-likeness (QED) is 0.376. The van der Waals surface area contributed by atoms with Crippen LogP contribution in [-0.4, -0.2) is 38.3 Å². The van der Waals surface area contributed by atoms with Crippen molar-refractivity contribution in [1.82, 2.24) is 4.57 Å². The van der Waals surface area contributed by atoms with Crippen LogP contribution in [-0.2, 0) is 9.53 Å². The van der Waals surface area contributed by atoms with Gasteiger partial charge in [-0.1, -0.05) is 39.4 Å². The van der Waals surface area contributed by atoms with Gasteiger partial charge < -0.3 is 14.4 Å². The average molecular weight is 635 g/mol. The molecule has 0 fully saturated rings. The molecule has 10 heteroatoms. The lowest BCUT2D eigenvalue weighted by Gasteiger charge is -2.25. The topological polar surface area (TPSA) is 73.1 Å². The molecule has 0 N–H and O–H groups in total. The number of hydrogen-bond acceptors (Lipinski definition) is 7. The van der Waals surface area contributed by atoms with Crippen LogP contribution in [0.4, 0.5) is 5.69 Å². The number of aromatic nitrogens is 1. The zero-order valence-corrected chi connectivity index (χ0v) is 24.5. The van der Waals surface area contributed by atoms with Crippen molar-refractivity contribution >= 4 is 60.9 Å². The van der Waals surface area contributed by atoms with E-state index in [2.05, 4.69) is 36.9 Å². The molecule has 1 aliphatic rings. The maximum Gasteiger partial charge on any atom is 0.338 e. The number of methoxy groups -OCH3 is 1. The van der Waals surface area contributed by atoms with Crippen LogP contribution in [0.15, 0.2) is 66.4 Å². The Morgan fingerprint density at radius 3 is 2.53 bits per heavy atom. The number of hydrogen-bond donors (Lipinski definition) is 0. The highest BCUT2D eigenvalue weighted by Gasteiger charge is 2.33. The molecule has 0 saturated carbocycles. The minimum Gasteiger partial charge on any atom is -0.495 e. The Balaban J connectivity index is 1.97. The zero-order chi connectivity index (χ0) is 26.1. The third-order valence-electron chi connectivity index (χ3n) is 5.77. The lowest BCUT2D eigenvalue weighted by molar-refractivity contribution is -0.139. The van der Waals surface area contributed by atoms with E-state index in [0.29, 0.717) is 26.4 Å². The molecule has 1 aliphatic heterocycles. The largest absolute Gasteiger partial charge is 0.495 e. The Morgan fingerprint density at radius 1 is 1.22 bits per heavy atom. The number of esters is 1. The van der Waals surface area contributed by atoms with Crippen LogP contribution in [0.1, 0.15) is 31.0 Å². The molecule has 2 heterocycles. The number of thiazole rings is 1. The summed E-state index contributed by atoms with van der Waals surface area (Å²) in [5, 5.41) is 0. The monoisotopic (exact) mass is 633 g/mol. The van der Waals surface area contributed by atoms with Crippen LogP contribution < -0.4 is 24.5 Å². The minimum atomic E-state index is -0.658. The summed E-state index contributed by atoms with van der Waals surface area (Å²) in [7, 11) is 5.50. The van der Waals surface area contributed by atoms with E-state index < -0.39 is 12.0 Å². The maximum atomic E-state index is 13.8. The molecular formula is C26H25Br2N3O4S. The molecular weight excluding hydrogens is 610 g/mol. The van der Waals surface area contributed by atoms with Crippen LogP contribution in [0.25, 0.3) is 6.08 Å². The summed E-state index contributed by atoms with van der Waals surface area (Å²) in [6.45, 7) is 3.76. The molecule has 0 unspecified atom stereocenters. The predicted octanol–water partition coefficient (Wildman–Crippen LogP) is 4.40. The fourth-order valence-corrected chi connectivity index (χ4v) is 6.56. The third kappa shape index (κ3) is 4.94. The number of fused-ring (bicyclic) bond motifs is 1. The number of carbonyl (C=O) groups excluding carboxylic acids is 1. The second-order valence-corrected chi connectivity index (χ2v) is 11.1. The van der Waals surface area contributed by atoms with Gasteiger partial charge in [-0.05, 0) is 65.7 Å². The van der Waals surface area contributed by atoms with Gasteiger partial charge in [0.15, 0.2) is 4.80 Å². The van der Waals surface area contributed by atoms with Gasteiger partial charge in [0.05, 0.1) is 40.0 Å². The number of nitrogens with zero attached hydrogens (tertiary/aromatic N) is 3. The van der Waals surface area contributed by atoms with Crippen molar-refractivity contribution in [2.45, 2.75) is 19.9 Å². The van der Waals surface area contributed by atoms with Crippen molar-refractivity contribution in [3.05, 3.63) is 87.4 Å². The van der Waals surface area contributed by atoms with E-state index in [0.717, 1.165) is 25.8 Å². The first-order valence-electron chi connectivity index (χ1n) is 11.2. The minimum absolute atomic E-state index is 0.226. The van der Waals surface area contributed by atoms with Gasteiger partial charge in [0.25, 0.3) is 5.56 Å². The van der Waals surface area contributed by atoms with Gasteiger partial charge in [0.2, 0.25) is 0 Å². The van der Waals surface area contributed by atoms with E-state index in [1.165, 1.54) is 11.3 Å². The summed E-state index contributed by atoms with van der Waals surface area (Å²) in [6, 6.07) is 10.9. The van der Waals surface area contributed by atoms with Crippen LogP contribution >= 0.6 is 43.2 Å². The first-order valence-corrected chi connectivity index (χ1v) is 13.6. The Hall–Kier alpha value is -2.69. The SMILES string of the molecule is CCOC(=O)C1=C(C)N=c2s/c(=C\c3cc(Br)cc(Br)c3OC)c(=O)n2[C@@H]1c1ccc(N(C)C)cc1. The van der Waals surface area contributed by atoms with E-state index >= 15 is 0 Å². The number of rotatable bonds is 6. The second kappa shape index (κ2) is 10.7. The van der Waals surface area contributed by atoms with Crippen molar-refractivity contribution in [3.63, 3.8) is 0 Å². The molecule has 0 bridgehead atoms. The molecule has 0 aliphatic carbocycles. The van der Waals surface area contributed by atoms with E-state index in [9.17, 15) is 9.59 Å². The molecule has 0 amide bonds. The molecule has 188 valence electrons. The summed E-state index contributed by atoms with van der Waals surface area (Å²) in [5.74, 6) is 0.135. The van der Waals surface area contributed by atoms with Crippen LogP contribution in [0.2, 0.25) is 0 Å². The Kier molecular flexibility index (Phi) is 7.87. The van der Waals surface area contributed by atoms with Gasteiger partial charge in [-0.2, -0.15) is 0 Å². The van der Waals surface area contributed by atoms with Crippen LogP contribution in [0.3, 0.4) is 0 Å². The summed E-state index contributed by atoms with van der Waals surface area (Å²) in [4.78, 5) is 34.0. The molecule has 0 saturated heterocycles. The molecule has 7 nitrogen and oxygen atoms in total. The van der Waals surface area contributed by atoms with Gasteiger partial charge in [-0.3, -0.25) is 9.36 Å². The number of ether oxygens (including phenoxy) is 2. The second-order valence-electron chi connectivity index (χ2n) is 8.30. The van der Waals surface area contributed by atoms with Crippen molar-refractivity contribution in [2.75, 3.05) is 32.7 Å². The van der Waals surface area contributed by atoms with Crippen LogP contribution in [0, 0.1) is 0 Å². The predicted molar refractivity (Wildman–Crippen MR) is 150 cm³/mol. The van der Waals surface area contributed by atoms with E-state index in [1.54, 1.807) is 31.6 Å². The van der Waals surface area contributed by atoms with Gasteiger partial charge >= 0.3 is 5.97 Å². The standard InChI is InChI=1S/C26H25Br2N3O4S/c1-6-35-25(33)21-14(2)29-26-31(22(21)15-7-9-18(10-8-15)30(3)4)24(32)20(36-26)12-16-11-17(27)13-19(28)23(16)34-5/h7-13,22H,6H2,1-5H3/b20-12-/t22-/m1/s1. The zero-order valence-electron chi connectivity index (χ0n) is 20.5. The molecule has 1 aromatic heterocycles. The normalized spacial score (nSPS) is 15.4. The lowest BCUT2D eigenvalue weighted by atomic mass is 9.95. The van der Waals surface area contributed by atoms with Gasteiger partial charge in [-0.25, -0.2) is 9.79 Å². The van der Waals surface area contributed by atoms with E-state index in [4.69, 9.17) is 9.47 Å². The highest BCUT2D eigenvalue weighted by Crippen LogP contribution is 2.34. The molecule has 4 rings (SSSR count). The summed E-state index contributed by atoms with van der Waals surface area (Å²) >= 11 is 8.29. The summed E-state index contributed by atoms with van der Waals surface area (Å²) < 4.78 is 14.6. The highest BCUT2D eigenvalue weighted by molar-refractivity contribution is 9.11. The molecule has 2 aromatic carbocycles. The molecule has 0 spiro atoms. The van der Waals surface area contributed by atoms with Gasteiger partial charge in [-0.15, -0.1) is 0 Å². The van der Waals surface area contributed by atoms with Gasteiger partial charge in [0, 0.05) is 29.8 Å². The number of halogens is 2. The third-order valence-corrected chi connectivity index (χ3v) is 7.80. The summed E-state index contributed by atoms with van der Waals surface area (Å²) in [6.07, 6.45) is 1.79. The molecule has 0 radical (unpaired) electrons. The van der Waals surface area contributed by atoms with Crippen molar-refractivity contribution in [1.29, 1.82) is 0 Å². The fourth-order valence-electron chi connectivity index (χ4n) is 4.11. The first kappa shape index (κ1) is 26.4. The molecule has 36 heavy (non-hydrogen) atoms.